The van der Waals surface area contributed by atoms with Crippen molar-refractivity contribution in [1.29, 1.82) is 0 Å². The molecular weight excluding hydrogens is 312 g/mol. The number of hydrogen-bond acceptors (Lipinski definition) is 4. The molecule has 0 radical (unpaired) electrons. The number of halogens is 1. The van der Waals surface area contributed by atoms with Gasteiger partial charge in [-0.3, -0.25) is 10.1 Å². The third-order valence-corrected chi connectivity index (χ3v) is 4.12. The van der Waals surface area contributed by atoms with Crippen molar-refractivity contribution in [2.45, 2.75) is 0 Å². The Kier molecular flexibility index (Phi) is 2.89. The second kappa shape index (κ2) is 4.55. The first-order chi connectivity index (χ1) is 8.75. The van der Waals surface area contributed by atoms with Crippen LogP contribution >= 0.6 is 27.3 Å². The van der Waals surface area contributed by atoms with Crippen molar-refractivity contribution in [3.05, 3.63) is 39.8 Å². The van der Waals surface area contributed by atoms with Gasteiger partial charge in [0.15, 0.2) is 5.82 Å². The van der Waals surface area contributed by atoms with E-state index in [2.05, 4.69) is 36.5 Å². The maximum absolute atomic E-state index is 5.95. The fourth-order valence-electron chi connectivity index (χ4n) is 1.82. The Labute approximate surface area is 116 Å². The molecule has 4 nitrogen and oxygen atoms in total. The Morgan fingerprint density at radius 1 is 1.22 bits per heavy atom. The summed E-state index contributed by atoms with van der Waals surface area (Å²) in [6, 6.07) is 5.89. The number of aromatic nitrogens is 3. The number of nitrogen functional groups attached to an aromatic ring is 1. The lowest BCUT2D eigenvalue weighted by molar-refractivity contribution is 1.10. The van der Waals surface area contributed by atoms with Crippen LogP contribution in [0.1, 0.15) is 0 Å². The molecule has 0 spiro atoms. The minimum Gasteiger partial charge on any atom is -0.382 e. The SMILES string of the molecule is Nc1n[nH]c(-c2csc(Br)c2)c1-c1ccncc1. The van der Waals surface area contributed by atoms with Gasteiger partial charge in [-0.25, -0.2) is 0 Å². The lowest BCUT2D eigenvalue weighted by Crippen LogP contribution is -1.88. The Balaban J connectivity index is 2.18. The van der Waals surface area contributed by atoms with Crippen molar-refractivity contribution >= 4 is 33.1 Å². The molecule has 18 heavy (non-hydrogen) atoms. The Morgan fingerprint density at radius 2 is 2.00 bits per heavy atom. The standard InChI is InChI=1S/C12H9BrN4S/c13-9-5-8(6-18-9)11-10(12(14)17-16-11)7-1-3-15-4-2-7/h1-6H,(H3,14,16,17). The molecule has 90 valence electrons. The summed E-state index contributed by atoms with van der Waals surface area (Å²) in [4.78, 5) is 4.01. The lowest BCUT2D eigenvalue weighted by Gasteiger charge is -2.02. The largest absolute Gasteiger partial charge is 0.382 e. The zero-order valence-electron chi connectivity index (χ0n) is 9.22. The second-order valence-corrected chi connectivity index (χ2v) is 6.02. The summed E-state index contributed by atoms with van der Waals surface area (Å²) in [5.74, 6) is 0.499. The van der Waals surface area contributed by atoms with Crippen LogP contribution in [0.5, 0.6) is 0 Å². The molecule has 3 rings (SSSR count). The molecule has 0 aliphatic heterocycles. The van der Waals surface area contributed by atoms with Crippen molar-refractivity contribution in [3.8, 4) is 22.4 Å². The lowest BCUT2D eigenvalue weighted by atomic mass is 10.0. The molecule has 3 aromatic rings. The summed E-state index contributed by atoms with van der Waals surface area (Å²) in [5.41, 5.74) is 9.88. The van der Waals surface area contributed by atoms with E-state index in [1.807, 2.05) is 18.2 Å². The molecule has 0 saturated carbocycles. The first-order valence-corrected chi connectivity index (χ1v) is 6.91. The third-order valence-electron chi connectivity index (χ3n) is 2.62. The van der Waals surface area contributed by atoms with Gasteiger partial charge in [-0.15, -0.1) is 11.3 Å². The van der Waals surface area contributed by atoms with Crippen LogP contribution in [0, 0.1) is 0 Å². The highest BCUT2D eigenvalue weighted by molar-refractivity contribution is 9.11. The van der Waals surface area contributed by atoms with Gasteiger partial charge in [0.25, 0.3) is 0 Å². The smallest absolute Gasteiger partial charge is 0.153 e. The van der Waals surface area contributed by atoms with Crippen molar-refractivity contribution < 1.29 is 0 Å². The molecule has 0 amide bonds. The van der Waals surface area contributed by atoms with Crippen molar-refractivity contribution in [2.75, 3.05) is 5.73 Å². The van der Waals surface area contributed by atoms with Gasteiger partial charge in [-0.2, -0.15) is 5.10 Å². The monoisotopic (exact) mass is 320 g/mol. The second-order valence-electron chi connectivity index (χ2n) is 3.73. The molecule has 0 saturated heterocycles. The van der Waals surface area contributed by atoms with Crippen molar-refractivity contribution in [1.82, 2.24) is 15.2 Å². The van der Waals surface area contributed by atoms with Gasteiger partial charge in [-0.1, -0.05) is 0 Å². The molecule has 0 aromatic carbocycles. The molecule has 0 aliphatic carbocycles. The topological polar surface area (TPSA) is 67.6 Å². The predicted octanol–water partition coefficient (Wildman–Crippen LogP) is 3.54. The maximum Gasteiger partial charge on any atom is 0.153 e. The van der Waals surface area contributed by atoms with Gasteiger partial charge in [-0.05, 0) is 39.7 Å². The molecule has 0 bridgehead atoms. The first kappa shape index (κ1) is 11.4. The highest BCUT2D eigenvalue weighted by Crippen LogP contribution is 2.37. The van der Waals surface area contributed by atoms with E-state index in [1.54, 1.807) is 23.7 Å². The van der Waals surface area contributed by atoms with Crippen LogP contribution in [0.2, 0.25) is 0 Å². The number of nitrogens with zero attached hydrogens (tertiary/aromatic N) is 2. The number of anilines is 1. The van der Waals surface area contributed by atoms with Crippen LogP contribution in [-0.2, 0) is 0 Å². The summed E-state index contributed by atoms with van der Waals surface area (Å²) < 4.78 is 1.08. The van der Waals surface area contributed by atoms with E-state index < -0.39 is 0 Å². The first-order valence-electron chi connectivity index (χ1n) is 5.24. The van der Waals surface area contributed by atoms with Crippen molar-refractivity contribution in [3.63, 3.8) is 0 Å². The zero-order chi connectivity index (χ0) is 12.5. The van der Waals surface area contributed by atoms with Crippen molar-refractivity contribution in [2.24, 2.45) is 0 Å². The van der Waals surface area contributed by atoms with E-state index in [1.165, 1.54) is 0 Å². The average Bonchev–Trinajstić information content (AvgIpc) is 2.96. The fraction of sp³-hybridized carbons (Fsp3) is 0. The van der Waals surface area contributed by atoms with Crippen LogP contribution in [0.4, 0.5) is 5.82 Å². The van der Waals surface area contributed by atoms with Gasteiger partial charge in [0.2, 0.25) is 0 Å². The van der Waals surface area contributed by atoms with E-state index in [4.69, 9.17) is 5.73 Å². The Morgan fingerprint density at radius 3 is 2.67 bits per heavy atom. The number of hydrogen-bond donors (Lipinski definition) is 2. The van der Waals surface area contributed by atoms with E-state index in [-0.39, 0.29) is 0 Å². The van der Waals surface area contributed by atoms with Gasteiger partial charge in [0.05, 0.1) is 15.0 Å². The molecule has 6 heteroatoms. The van der Waals surface area contributed by atoms with E-state index in [0.717, 1.165) is 26.2 Å². The number of pyridine rings is 1. The summed E-state index contributed by atoms with van der Waals surface area (Å²) in [6.45, 7) is 0. The number of thiophene rings is 1. The maximum atomic E-state index is 5.95. The Hall–Kier alpha value is -1.66. The van der Waals surface area contributed by atoms with Crippen LogP contribution in [-0.4, -0.2) is 15.2 Å². The predicted molar refractivity (Wildman–Crippen MR) is 77.2 cm³/mol. The van der Waals surface area contributed by atoms with Gasteiger partial charge in [0.1, 0.15) is 0 Å². The number of nitrogens with one attached hydrogen (secondary N) is 1. The van der Waals surface area contributed by atoms with E-state index >= 15 is 0 Å². The molecule has 3 heterocycles. The zero-order valence-corrected chi connectivity index (χ0v) is 11.6. The molecule has 3 aromatic heterocycles. The average molecular weight is 321 g/mol. The molecule has 0 aliphatic rings. The molecule has 0 fully saturated rings. The van der Waals surface area contributed by atoms with Crippen LogP contribution in [0.25, 0.3) is 22.4 Å². The molecular formula is C12H9BrN4S. The van der Waals surface area contributed by atoms with Crippen LogP contribution < -0.4 is 5.73 Å². The quantitative estimate of drug-likeness (QED) is 0.758. The Bertz CT molecular complexity index is 674. The minimum absolute atomic E-state index is 0.499. The van der Waals surface area contributed by atoms with Gasteiger partial charge < -0.3 is 5.73 Å². The summed E-state index contributed by atoms with van der Waals surface area (Å²) in [5, 5.41) is 9.15. The number of nitrogens with two attached hydrogens (primary N) is 1. The number of H-pyrrole nitrogens is 1. The molecule has 0 unspecified atom stereocenters. The number of aromatic amines is 1. The molecule has 3 N–H and O–H groups in total. The van der Waals surface area contributed by atoms with Gasteiger partial charge >= 0.3 is 0 Å². The third kappa shape index (κ3) is 1.93. The van der Waals surface area contributed by atoms with E-state index in [9.17, 15) is 0 Å². The van der Waals surface area contributed by atoms with Gasteiger partial charge in [0, 0.05) is 23.3 Å². The molecule has 0 atom stereocenters. The van der Waals surface area contributed by atoms with Crippen LogP contribution in [0.3, 0.4) is 0 Å². The summed E-state index contributed by atoms with van der Waals surface area (Å²) in [6.07, 6.45) is 3.49. The minimum atomic E-state index is 0.499. The highest BCUT2D eigenvalue weighted by atomic mass is 79.9. The highest BCUT2D eigenvalue weighted by Gasteiger charge is 2.15. The van der Waals surface area contributed by atoms with E-state index in [0.29, 0.717) is 5.82 Å². The van der Waals surface area contributed by atoms with Crippen LogP contribution in [0.15, 0.2) is 39.8 Å². The summed E-state index contributed by atoms with van der Waals surface area (Å²) in [7, 11) is 0. The summed E-state index contributed by atoms with van der Waals surface area (Å²) >= 11 is 5.09. The normalized spacial score (nSPS) is 10.7. The number of rotatable bonds is 2. The fourth-order valence-corrected chi connectivity index (χ4v) is 2.96.